The van der Waals surface area contributed by atoms with Gasteiger partial charge in [-0.3, -0.25) is 0 Å². The number of aromatic amines is 1. The van der Waals surface area contributed by atoms with E-state index >= 15 is 0 Å². The van der Waals surface area contributed by atoms with E-state index in [1.165, 1.54) is 5.56 Å². The van der Waals surface area contributed by atoms with E-state index in [2.05, 4.69) is 25.8 Å². The average molecular weight is 259 g/mol. The normalized spacial score (nSPS) is 11.4. The molecule has 0 saturated heterocycles. The van der Waals surface area contributed by atoms with E-state index in [1.54, 1.807) is 12.1 Å². The molecule has 102 valence electrons. The number of benzene rings is 1. The minimum atomic E-state index is -0.855. The maximum Gasteiger partial charge on any atom is 0.335 e. The lowest BCUT2D eigenvalue weighted by atomic mass is 9.96. The number of fused-ring (bicyclic) bond motifs is 1. The Balaban J connectivity index is 2.60. The van der Waals surface area contributed by atoms with Crippen molar-refractivity contribution in [3.8, 4) is 0 Å². The predicted molar refractivity (Wildman–Crippen MR) is 78.0 cm³/mol. The summed E-state index contributed by atoms with van der Waals surface area (Å²) < 4.78 is 0. The van der Waals surface area contributed by atoms with Crippen molar-refractivity contribution in [1.29, 1.82) is 0 Å². The number of carbonyl (C=O) groups is 1. The van der Waals surface area contributed by atoms with Gasteiger partial charge in [0.05, 0.1) is 5.56 Å². The van der Waals surface area contributed by atoms with Gasteiger partial charge in [0.25, 0.3) is 0 Å². The van der Waals surface area contributed by atoms with Crippen LogP contribution in [-0.4, -0.2) is 16.1 Å². The van der Waals surface area contributed by atoms with Crippen LogP contribution in [0.15, 0.2) is 18.3 Å². The van der Waals surface area contributed by atoms with Gasteiger partial charge in [-0.25, -0.2) is 4.79 Å². The Labute approximate surface area is 113 Å². The average Bonchev–Trinajstić information content (AvgIpc) is 2.77. The van der Waals surface area contributed by atoms with Gasteiger partial charge in [-0.2, -0.15) is 0 Å². The highest BCUT2D eigenvalue weighted by atomic mass is 16.4. The molecular formula is C16H21NO2. The van der Waals surface area contributed by atoms with Gasteiger partial charge in [0.15, 0.2) is 0 Å². The number of carboxylic acid groups (broad SMARTS) is 1. The summed E-state index contributed by atoms with van der Waals surface area (Å²) in [5.74, 6) is -0.550. The first kappa shape index (κ1) is 13.7. The van der Waals surface area contributed by atoms with Gasteiger partial charge in [-0.05, 0) is 42.0 Å². The van der Waals surface area contributed by atoms with E-state index in [9.17, 15) is 9.90 Å². The van der Waals surface area contributed by atoms with Gasteiger partial charge in [-0.15, -0.1) is 0 Å². The summed E-state index contributed by atoms with van der Waals surface area (Å²) in [6, 6.07) is 3.58. The molecule has 1 aromatic carbocycles. The van der Waals surface area contributed by atoms with Crippen LogP contribution in [0.5, 0.6) is 0 Å². The topological polar surface area (TPSA) is 53.1 Å². The molecule has 0 fully saturated rings. The molecule has 0 radical (unpaired) electrons. The molecule has 1 aromatic heterocycles. The lowest BCUT2D eigenvalue weighted by Crippen LogP contribution is -2.00. The zero-order valence-electron chi connectivity index (χ0n) is 11.8. The fourth-order valence-corrected chi connectivity index (χ4v) is 2.47. The molecule has 2 N–H and O–H groups in total. The van der Waals surface area contributed by atoms with E-state index in [0.717, 1.165) is 35.7 Å². The van der Waals surface area contributed by atoms with Crippen LogP contribution in [0.4, 0.5) is 0 Å². The third-order valence-corrected chi connectivity index (χ3v) is 3.57. The molecule has 0 aliphatic carbocycles. The van der Waals surface area contributed by atoms with Gasteiger partial charge in [0, 0.05) is 17.1 Å². The summed E-state index contributed by atoms with van der Waals surface area (Å²) in [6.07, 6.45) is 5.29. The number of aromatic carboxylic acids is 1. The fourth-order valence-electron chi connectivity index (χ4n) is 2.47. The molecular weight excluding hydrogens is 238 g/mol. The molecule has 0 spiro atoms. The smallest absolute Gasteiger partial charge is 0.335 e. The van der Waals surface area contributed by atoms with Gasteiger partial charge in [-0.1, -0.05) is 27.2 Å². The van der Waals surface area contributed by atoms with Crippen molar-refractivity contribution in [2.45, 2.75) is 46.0 Å². The van der Waals surface area contributed by atoms with Crippen LogP contribution in [0.1, 0.15) is 61.0 Å². The minimum absolute atomic E-state index is 0.305. The summed E-state index contributed by atoms with van der Waals surface area (Å²) in [5.41, 5.74) is 3.78. The molecule has 19 heavy (non-hydrogen) atoms. The number of nitrogens with one attached hydrogen (secondary N) is 1. The third kappa shape index (κ3) is 2.65. The van der Waals surface area contributed by atoms with Crippen LogP contribution < -0.4 is 0 Å². The Morgan fingerprint density at radius 1 is 1.37 bits per heavy atom. The summed E-state index contributed by atoms with van der Waals surface area (Å²) in [4.78, 5) is 14.6. The Hall–Kier alpha value is -1.77. The van der Waals surface area contributed by atoms with E-state index in [-0.39, 0.29) is 0 Å². The highest BCUT2D eigenvalue weighted by Gasteiger charge is 2.14. The maximum absolute atomic E-state index is 11.3. The summed E-state index contributed by atoms with van der Waals surface area (Å²) in [7, 11) is 0. The first-order valence-electron chi connectivity index (χ1n) is 6.91. The van der Waals surface area contributed by atoms with Crippen LogP contribution >= 0.6 is 0 Å². The second kappa shape index (κ2) is 5.47. The number of rotatable bonds is 5. The molecule has 0 aliphatic heterocycles. The lowest BCUT2D eigenvalue weighted by Gasteiger charge is -2.09. The highest BCUT2D eigenvalue weighted by Crippen LogP contribution is 2.29. The number of carboxylic acids is 1. The van der Waals surface area contributed by atoms with Crippen molar-refractivity contribution < 1.29 is 9.90 Å². The van der Waals surface area contributed by atoms with Crippen molar-refractivity contribution in [1.82, 2.24) is 4.98 Å². The van der Waals surface area contributed by atoms with Gasteiger partial charge in [0.1, 0.15) is 0 Å². The summed E-state index contributed by atoms with van der Waals surface area (Å²) in [6.45, 7) is 6.34. The summed E-state index contributed by atoms with van der Waals surface area (Å²) in [5, 5.41) is 10.3. The van der Waals surface area contributed by atoms with Crippen molar-refractivity contribution in [3.63, 3.8) is 0 Å². The van der Waals surface area contributed by atoms with E-state index < -0.39 is 5.97 Å². The zero-order valence-corrected chi connectivity index (χ0v) is 11.8. The Kier molecular flexibility index (Phi) is 3.93. The SMILES string of the molecule is CCCCc1c[nH]c2c(C(C)C)cc(C(=O)O)cc12. The van der Waals surface area contributed by atoms with E-state index in [4.69, 9.17) is 0 Å². The van der Waals surface area contributed by atoms with Crippen LogP contribution in [0.3, 0.4) is 0 Å². The molecule has 0 atom stereocenters. The molecule has 2 rings (SSSR count). The third-order valence-electron chi connectivity index (χ3n) is 3.57. The number of aromatic nitrogens is 1. The molecule has 0 amide bonds. The largest absolute Gasteiger partial charge is 0.478 e. The molecule has 3 heteroatoms. The van der Waals surface area contributed by atoms with Crippen LogP contribution in [0.2, 0.25) is 0 Å². The van der Waals surface area contributed by atoms with Crippen LogP contribution in [0.25, 0.3) is 10.9 Å². The van der Waals surface area contributed by atoms with Crippen LogP contribution in [-0.2, 0) is 6.42 Å². The first-order valence-corrected chi connectivity index (χ1v) is 6.91. The van der Waals surface area contributed by atoms with Gasteiger partial charge in [0.2, 0.25) is 0 Å². The second-order valence-electron chi connectivity index (χ2n) is 5.37. The molecule has 1 heterocycles. The molecule has 2 aromatic rings. The monoisotopic (exact) mass is 259 g/mol. The number of H-pyrrole nitrogens is 1. The first-order chi connectivity index (χ1) is 9.04. The Morgan fingerprint density at radius 3 is 2.68 bits per heavy atom. The van der Waals surface area contributed by atoms with Crippen LogP contribution in [0, 0.1) is 0 Å². The van der Waals surface area contributed by atoms with Gasteiger partial charge >= 0.3 is 5.97 Å². The molecule has 0 aliphatic rings. The number of unbranched alkanes of at least 4 members (excludes halogenated alkanes) is 1. The standard InChI is InChI=1S/C16H21NO2/c1-4-5-6-11-9-17-15-13(10(2)3)7-12(16(18)19)8-14(11)15/h7-10,17H,4-6H2,1-3H3,(H,18,19). The van der Waals surface area contributed by atoms with E-state index in [0.29, 0.717) is 11.5 Å². The van der Waals surface area contributed by atoms with E-state index in [1.807, 2.05) is 6.20 Å². The maximum atomic E-state index is 11.3. The fraction of sp³-hybridized carbons (Fsp3) is 0.438. The van der Waals surface area contributed by atoms with Crippen molar-refractivity contribution in [2.24, 2.45) is 0 Å². The van der Waals surface area contributed by atoms with Crippen molar-refractivity contribution in [2.75, 3.05) is 0 Å². The zero-order chi connectivity index (χ0) is 14.0. The Morgan fingerprint density at radius 2 is 2.11 bits per heavy atom. The molecule has 0 unspecified atom stereocenters. The lowest BCUT2D eigenvalue weighted by molar-refractivity contribution is 0.0697. The number of aryl methyl sites for hydroxylation is 1. The molecule has 0 saturated carbocycles. The quantitative estimate of drug-likeness (QED) is 0.839. The highest BCUT2D eigenvalue weighted by molar-refractivity contribution is 5.96. The Bertz CT molecular complexity index is 596. The predicted octanol–water partition coefficient (Wildman–Crippen LogP) is 4.33. The number of hydrogen-bond donors (Lipinski definition) is 2. The van der Waals surface area contributed by atoms with Gasteiger partial charge < -0.3 is 10.1 Å². The second-order valence-corrected chi connectivity index (χ2v) is 5.37. The minimum Gasteiger partial charge on any atom is -0.478 e. The summed E-state index contributed by atoms with van der Waals surface area (Å²) >= 11 is 0. The van der Waals surface area contributed by atoms with Crippen molar-refractivity contribution >= 4 is 16.9 Å². The molecule has 0 bridgehead atoms. The number of hydrogen-bond acceptors (Lipinski definition) is 1. The van der Waals surface area contributed by atoms with Crippen molar-refractivity contribution in [3.05, 3.63) is 35.0 Å². The molecule has 3 nitrogen and oxygen atoms in total.